The van der Waals surface area contributed by atoms with Gasteiger partial charge in [-0.1, -0.05) is 52.1 Å². The zero-order chi connectivity index (χ0) is 15.5. The van der Waals surface area contributed by atoms with E-state index in [1.807, 2.05) is 31.2 Å². The van der Waals surface area contributed by atoms with Crippen LogP contribution >= 0.6 is 23.2 Å². The lowest BCUT2D eigenvalue weighted by atomic mass is 10.1. The third kappa shape index (κ3) is 3.40. The van der Waals surface area contributed by atoms with E-state index < -0.39 is 0 Å². The summed E-state index contributed by atoms with van der Waals surface area (Å²) in [5, 5.41) is 4.94. The molecule has 0 aliphatic rings. The lowest BCUT2D eigenvalue weighted by Crippen LogP contribution is -1.96. The SMILES string of the molecule is Cc1cccc(-c2noc(COc3ccc(Cl)cc3Cl)n2)c1. The molecule has 4 nitrogen and oxygen atoms in total. The van der Waals surface area contributed by atoms with Gasteiger partial charge >= 0.3 is 0 Å². The van der Waals surface area contributed by atoms with Crippen LogP contribution in [0.4, 0.5) is 0 Å². The van der Waals surface area contributed by atoms with Crippen molar-refractivity contribution in [2.24, 2.45) is 0 Å². The molecule has 0 saturated carbocycles. The van der Waals surface area contributed by atoms with Crippen LogP contribution in [-0.4, -0.2) is 10.1 Å². The van der Waals surface area contributed by atoms with Crippen LogP contribution in [0.25, 0.3) is 11.4 Å². The first-order chi connectivity index (χ1) is 10.6. The zero-order valence-electron chi connectivity index (χ0n) is 11.7. The van der Waals surface area contributed by atoms with E-state index in [0.717, 1.165) is 11.1 Å². The smallest absolute Gasteiger partial charge is 0.264 e. The van der Waals surface area contributed by atoms with E-state index in [-0.39, 0.29) is 6.61 Å². The van der Waals surface area contributed by atoms with Crippen molar-refractivity contribution < 1.29 is 9.26 Å². The maximum atomic E-state index is 6.04. The minimum atomic E-state index is 0.139. The number of hydrogen-bond donors (Lipinski definition) is 0. The van der Waals surface area contributed by atoms with Crippen molar-refractivity contribution in [2.45, 2.75) is 13.5 Å². The lowest BCUT2D eigenvalue weighted by molar-refractivity contribution is 0.243. The van der Waals surface area contributed by atoms with Crippen molar-refractivity contribution in [3.05, 3.63) is 64.0 Å². The lowest BCUT2D eigenvalue weighted by Gasteiger charge is -2.05. The highest BCUT2D eigenvalue weighted by atomic mass is 35.5. The topological polar surface area (TPSA) is 48.2 Å². The Bertz CT molecular complexity index is 802. The molecule has 0 bridgehead atoms. The molecular formula is C16H12Cl2N2O2. The van der Waals surface area contributed by atoms with Crippen molar-refractivity contribution in [3.63, 3.8) is 0 Å². The Hall–Kier alpha value is -2.04. The van der Waals surface area contributed by atoms with Crippen molar-refractivity contribution in [3.8, 4) is 17.1 Å². The summed E-state index contributed by atoms with van der Waals surface area (Å²) in [6.07, 6.45) is 0. The van der Waals surface area contributed by atoms with E-state index in [9.17, 15) is 0 Å². The summed E-state index contributed by atoms with van der Waals surface area (Å²) in [7, 11) is 0. The Kier molecular flexibility index (Phi) is 4.32. The summed E-state index contributed by atoms with van der Waals surface area (Å²) < 4.78 is 10.8. The van der Waals surface area contributed by atoms with Crippen LogP contribution in [0.15, 0.2) is 47.0 Å². The highest BCUT2D eigenvalue weighted by Crippen LogP contribution is 2.28. The molecule has 1 aromatic heterocycles. The molecule has 3 rings (SSSR count). The number of ether oxygens (including phenoxy) is 1. The molecule has 112 valence electrons. The van der Waals surface area contributed by atoms with Gasteiger partial charge in [0.05, 0.1) is 5.02 Å². The number of aromatic nitrogens is 2. The monoisotopic (exact) mass is 334 g/mol. The first-order valence-corrected chi connectivity index (χ1v) is 7.35. The number of benzene rings is 2. The largest absolute Gasteiger partial charge is 0.482 e. The molecule has 22 heavy (non-hydrogen) atoms. The van der Waals surface area contributed by atoms with Gasteiger partial charge in [-0.15, -0.1) is 0 Å². The Morgan fingerprint density at radius 3 is 2.77 bits per heavy atom. The van der Waals surface area contributed by atoms with Crippen LogP contribution in [0, 0.1) is 6.92 Å². The number of halogens is 2. The molecule has 0 unspecified atom stereocenters. The minimum Gasteiger partial charge on any atom is -0.482 e. The fourth-order valence-electron chi connectivity index (χ4n) is 1.95. The van der Waals surface area contributed by atoms with Gasteiger partial charge in [-0.2, -0.15) is 4.98 Å². The Labute approximate surface area is 137 Å². The first kappa shape index (κ1) is 14.9. The van der Waals surface area contributed by atoms with E-state index in [1.54, 1.807) is 18.2 Å². The second-order valence-corrected chi connectivity index (χ2v) is 5.59. The van der Waals surface area contributed by atoms with Crippen LogP contribution in [0.2, 0.25) is 10.0 Å². The summed E-state index contributed by atoms with van der Waals surface area (Å²) in [5.41, 5.74) is 2.03. The van der Waals surface area contributed by atoms with Crippen molar-refractivity contribution in [1.82, 2.24) is 10.1 Å². The van der Waals surface area contributed by atoms with Crippen LogP contribution in [0.5, 0.6) is 5.75 Å². The van der Waals surface area contributed by atoms with Gasteiger partial charge in [0.1, 0.15) is 5.75 Å². The highest BCUT2D eigenvalue weighted by molar-refractivity contribution is 6.35. The van der Waals surface area contributed by atoms with Gasteiger partial charge in [0, 0.05) is 10.6 Å². The van der Waals surface area contributed by atoms with Gasteiger partial charge in [-0.3, -0.25) is 0 Å². The molecule has 0 N–H and O–H groups in total. The molecule has 0 amide bonds. The fourth-order valence-corrected chi connectivity index (χ4v) is 2.41. The minimum absolute atomic E-state index is 0.139. The summed E-state index contributed by atoms with van der Waals surface area (Å²) >= 11 is 11.9. The molecule has 0 fully saturated rings. The van der Waals surface area contributed by atoms with Crippen LogP contribution in [0.3, 0.4) is 0 Å². The standard InChI is InChI=1S/C16H12Cl2N2O2/c1-10-3-2-4-11(7-10)16-19-15(22-20-16)9-21-14-6-5-12(17)8-13(14)18/h2-8H,9H2,1H3. The molecule has 1 heterocycles. The number of nitrogens with zero attached hydrogens (tertiary/aromatic N) is 2. The maximum Gasteiger partial charge on any atom is 0.264 e. The predicted octanol–water partition coefficient (Wildman–Crippen LogP) is 4.93. The van der Waals surface area contributed by atoms with Crippen molar-refractivity contribution in [2.75, 3.05) is 0 Å². The Balaban J connectivity index is 1.72. The van der Waals surface area contributed by atoms with E-state index in [0.29, 0.717) is 27.5 Å². The van der Waals surface area contributed by atoms with Crippen molar-refractivity contribution in [1.29, 1.82) is 0 Å². The van der Waals surface area contributed by atoms with Gasteiger partial charge in [-0.05, 0) is 31.2 Å². The van der Waals surface area contributed by atoms with Crippen LogP contribution in [0.1, 0.15) is 11.5 Å². The van der Waals surface area contributed by atoms with Crippen molar-refractivity contribution >= 4 is 23.2 Å². The molecular weight excluding hydrogens is 323 g/mol. The normalized spacial score (nSPS) is 10.7. The predicted molar refractivity (Wildman–Crippen MR) is 85.3 cm³/mol. The molecule has 0 saturated heterocycles. The molecule has 0 aliphatic heterocycles. The van der Waals surface area contributed by atoms with Gasteiger partial charge in [-0.25, -0.2) is 0 Å². The molecule has 0 spiro atoms. The van der Waals surface area contributed by atoms with E-state index in [2.05, 4.69) is 10.1 Å². The summed E-state index contributed by atoms with van der Waals surface area (Å²) in [5.74, 6) is 1.42. The molecule has 6 heteroatoms. The number of rotatable bonds is 4. The molecule has 3 aromatic rings. The molecule has 0 aliphatic carbocycles. The first-order valence-electron chi connectivity index (χ1n) is 6.59. The number of aryl methyl sites for hydroxylation is 1. The molecule has 0 radical (unpaired) electrons. The van der Waals surface area contributed by atoms with Gasteiger partial charge < -0.3 is 9.26 Å². The van der Waals surface area contributed by atoms with E-state index in [4.69, 9.17) is 32.5 Å². The van der Waals surface area contributed by atoms with Gasteiger partial charge in [0.2, 0.25) is 5.82 Å². The number of hydrogen-bond acceptors (Lipinski definition) is 4. The fraction of sp³-hybridized carbons (Fsp3) is 0.125. The maximum absolute atomic E-state index is 6.04. The summed E-state index contributed by atoms with van der Waals surface area (Å²) in [6.45, 7) is 2.15. The Morgan fingerprint density at radius 1 is 1.14 bits per heavy atom. The Morgan fingerprint density at radius 2 is 2.00 bits per heavy atom. The van der Waals surface area contributed by atoms with Gasteiger partial charge in [0.25, 0.3) is 5.89 Å². The van der Waals surface area contributed by atoms with Gasteiger partial charge in [0.15, 0.2) is 6.61 Å². The average molecular weight is 335 g/mol. The molecule has 2 aromatic carbocycles. The third-order valence-electron chi connectivity index (χ3n) is 2.99. The quantitative estimate of drug-likeness (QED) is 0.678. The zero-order valence-corrected chi connectivity index (χ0v) is 13.2. The summed E-state index contributed by atoms with van der Waals surface area (Å²) in [6, 6.07) is 12.9. The van der Waals surface area contributed by atoms with E-state index >= 15 is 0 Å². The summed E-state index contributed by atoms with van der Waals surface area (Å²) in [4.78, 5) is 4.31. The third-order valence-corrected chi connectivity index (χ3v) is 3.52. The van der Waals surface area contributed by atoms with Crippen LogP contribution < -0.4 is 4.74 Å². The van der Waals surface area contributed by atoms with Crippen LogP contribution in [-0.2, 0) is 6.61 Å². The second kappa shape index (κ2) is 6.38. The van der Waals surface area contributed by atoms with E-state index in [1.165, 1.54) is 0 Å². The molecule has 0 atom stereocenters. The highest BCUT2D eigenvalue weighted by Gasteiger charge is 2.10. The average Bonchev–Trinajstić information content (AvgIpc) is 2.95. The second-order valence-electron chi connectivity index (χ2n) is 4.74.